The lowest BCUT2D eigenvalue weighted by Crippen LogP contribution is -2.21. The highest BCUT2D eigenvalue weighted by Crippen LogP contribution is 2.42. The third-order valence-corrected chi connectivity index (χ3v) is 5.65. The van der Waals surface area contributed by atoms with Gasteiger partial charge in [-0.1, -0.05) is 53.5 Å². The Balaban J connectivity index is 1.56. The van der Waals surface area contributed by atoms with Crippen LogP contribution in [0.1, 0.15) is 11.1 Å². The molecule has 3 aromatic rings. The highest BCUT2D eigenvalue weighted by molar-refractivity contribution is 6.39. The van der Waals surface area contributed by atoms with Crippen LogP contribution in [0.3, 0.4) is 0 Å². The second kappa shape index (κ2) is 8.98. The maximum Gasteiger partial charge on any atom is 0.394 e. The van der Waals surface area contributed by atoms with Crippen LogP contribution in [0.25, 0.3) is 0 Å². The number of hydrogen-bond acceptors (Lipinski definition) is 5. The van der Waals surface area contributed by atoms with Crippen molar-refractivity contribution in [2.75, 3.05) is 16.8 Å². The molecule has 0 fully saturated rings. The molecule has 7 nitrogen and oxygen atoms in total. The zero-order valence-electron chi connectivity index (χ0n) is 16.6. The number of carbonyl (C=O) groups is 2. The van der Waals surface area contributed by atoms with E-state index in [1.807, 2.05) is 18.2 Å². The summed E-state index contributed by atoms with van der Waals surface area (Å²) < 4.78 is 5.79. The zero-order valence-corrected chi connectivity index (χ0v) is 18.2. The van der Waals surface area contributed by atoms with E-state index in [4.69, 9.17) is 33.0 Å². The summed E-state index contributed by atoms with van der Waals surface area (Å²) in [5.74, 6) is -2.66. The Kier molecular flexibility index (Phi) is 6.12. The Bertz CT molecular complexity index is 1190. The molecular weight excluding hydrogens is 455 g/mol. The van der Waals surface area contributed by atoms with E-state index >= 15 is 0 Å². The van der Waals surface area contributed by atoms with Crippen molar-refractivity contribution in [1.29, 1.82) is 0 Å². The Morgan fingerprint density at radius 3 is 2.50 bits per heavy atom. The van der Waals surface area contributed by atoms with Gasteiger partial charge in [0.1, 0.15) is 0 Å². The molecule has 1 amide bonds. The molecule has 32 heavy (non-hydrogen) atoms. The van der Waals surface area contributed by atoms with E-state index in [0.29, 0.717) is 12.1 Å². The molecule has 0 radical (unpaired) electrons. The number of benzene rings is 3. The molecule has 0 aliphatic carbocycles. The van der Waals surface area contributed by atoms with Crippen LogP contribution in [0.4, 0.5) is 11.4 Å². The number of fused-ring (bicyclic) bond motifs is 1. The molecule has 0 unspecified atom stereocenters. The second-order valence-electron chi connectivity index (χ2n) is 7.19. The SMILES string of the molecule is O=C(O)C(=O)Nc1cc(Cl)c(Oc2cccc(CN3CCc4ccccc43)c2O)c(Cl)c1. The summed E-state index contributed by atoms with van der Waals surface area (Å²) in [6.45, 7) is 1.35. The highest BCUT2D eigenvalue weighted by Gasteiger charge is 2.21. The third kappa shape index (κ3) is 4.44. The van der Waals surface area contributed by atoms with Crippen LogP contribution in [0.5, 0.6) is 17.2 Å². The molecule has 0 bridgehead atoms. The molecule has 0 spiro atoms. The van der Waals surface area contributed by atoms with E-state index in [-0.39, 0.29) is 33.0 Å². The van der Waals surface area contributed by atoms with Gasteiger partial charge in [-0.25, -0.2) is 4.79 Å². The van der Waals surface area contributed by atoms with Crippen LogP contribution in [-0.4, -0.2) is 28.6 Å². The number of nitrogens with one attached hydrogen (secondary N) is 1. The van der Waals surface area contributed by atoms with E-state index < -0.39 is 11.9 Å². The predicted octanol–water partition coefficient (Wildman–Crippen LogP) is 5.08. The molecule has 4 rings (SSSR count). The largest absolute Gasteiger partial charge is 0.504 e. The van der Waals surface area contributed by atoms with Crippen LogP contribution in [-0.2, 0) is 22.6 Å². The number of halogens is 2. The van der Waals surface area contributed by atoms with Gasteiger partial charge in [0, 0.05) is 30.0 Å². The van der Waals surface area contributed by atoms with Crippen LogP contribution in [0, 0.1) is 0 Å². The Labute approximate surface area is 193 Å². The summed E-state index contributed by atoms with van der Waals surface area (Å²) in [5.41, 5.74) is 3.19. The summed E-state index contributed by atoms with van der Waals surface area (Å²) in [4.78, 5) is 24.2. The molecule has 3 N–H and O–H groups in total. The molecule has 9 heteroatoms. The smallest absolute Gasteiger partial charge is 0.394 e. The van der Waals surface area contributed by atoms with Crippen LogP contribution in [0.2, 0.25) is 10.0 Å². The number of anilines is 2. The molecule has 1 heterocycles. The van der Waals surface area contributed by atoms with Gasteiger partial charge in [-0.15, -0.1) is 0 Å². The maximum atomic E-state index is 11.3. The Morgan fingerprint density at radius 2 is 1.78 bits per heavy atom. The lowest BCUT2D eigenvalue weighted by molar-refractivity contribution is -0.147. The predicted molar refractivity (Wildman–Crippen MR) is 122 cm³/mol. The number of amides is 1. The normalized spacial score (nSPS) is 12.4. The van der Waals surface area contributed by atoms with Gasteiger partial charge in [0.05, 0.1) is 10.0 Å². The lowest BCUT2D eigenvalue weighted by atomic mass is 10.1. The second-order valence-corrected chi connectivity index (χ2v) is 8.01. The van der Waals surface area contributed by atoms with Gasteiger partial charge in [0.25, 0.3) is 0 Å². The fourth-order valence-corrected chi connectivity index (χ4v) is 4.14. The average molecular weight is 473 g/mol. The van der Waals surface area contributed by atoms with Crippen molar-refractivity contribution in [2.45, 2.75) is 13.0 Å². The number of ether oxygens (including phenoxy) is 1. The minimum absolute atomic E-state index is 0.0349. The van der Waals surface area contributed by atoms with Crippen molar-refractivity contribution in [2.24, 2.45) is 0 Å². The Hall–Kier alpha value is -3.42. The number of carboxylic acid groups (broad SMARTS) is 1. The first-order valence-corrected chi connectivity index (χ1v) is 10.4. The molecular formula is C23H18Cl2N2O5. The van der Waals surface area contributed by atoms with Crippen molar-refractivity contribution in [1.82, 2.24) is 0 Å². The average Bonchev–Trinajstić information content (AvgIpc) is 3.16. The van der Waals surface area contributed by atoms with E-state index in [0.717, 1.165) is 18.7 Å². The van der Waals surface area contributed by atoms with Gasteiger partial charge in [0.15, 0.2) is 17.2 Å². The van der Waals surface area contributed by atoms with Crippen molar-refractivity contribution in [3.63, 3.8) is 0 Å². The number of aliphatic carboxylic acids is 1. The summed E-state index contributed by atoms with van der Waals surface area (Å²) in [6, 6.07) is 15.9. The quantitative estimate of drug-likeness (QED) is 0.448. The molecule has 1 aliphatic heterocycles. The minimum atomic E-state index is -1.64. The first-order valence-electron chi connectivity index (χ1n) is 9.68. The first-order chi connectivity index (χ1) is 15.3. The standard InChI is InChI=1S/C23H18Cl2N2O5/c24-16-10-15(26-22(29)23(30)31)11-17(25)21(16)32-19-7-3-5-14(20(19)28)12-27-9-8-13-4-1-2-6-18(13)27/h1-7,10-11,28H,8-9,12H2,(H,26,29)(H,30,31). The monoisotopic (exact) mass is 472 g/mol. The van der Waals surface area contributed by atoms with Crippen molar-refractivity contribution >= 4 is 46.5 Å². The number of phenolic OH excluding ortho intramolecular Hbond substituents is 1. The number of carbonyl (C=O) groups excluding carboxylic acids is 1. The van der Waals surface area contributed by atoms with E-state index in [1.54, 1.807) is 12.1 Å². The molecule has 0 saturated carbocycles. The number of hydrogen-bond donors (Lipinski definition) is 3. The molecule has 0 aromatic heterocycles. The van der Waals surface area contributed by atoms with Gasteiger partial charge in [-0.2, -0.15) is 0 Å². The van der Waals surface area contributed by atoms with E-state index in [1.165, 1.54) is 17.7 Å². The van der Waals surface area contributed by atoms with Crippen molar-refractivity contribution in [3.05, 3.63) is 75.8 Å². The number of para-hydroxylation sites is 2. The minimum Gasteiger partial charge on any atom is -0.504 e. The van der Waals surface area contributed by atoms with Gasteiger partial charge in [-0.05, 0) is 36.2 Å². The number of aromatic hydroxyl groups is 1. The van der Waals surface area contributed by atoms with Gasteiger partial charge < -0.3 is 25.2 Å². The number of nitrogens with zero attached hydrogens (tertiary/aromatic N) is 1. The number of phenols is 1. The molecule has 3 aromatic carbocycles. The van der Waals surface area contributed by atoms with Gasteiger partial charge in [0.2, 0.25) is 0 Å². The van der Waals surface area contributed by atoms with E-state index in [9.17, 15) is 14.7 Å². The lowest BCUT2D eigenvalue weighted by Gasteiger charge is -2.21. The first kappa shape index (κ1) is 21.8. The summed E-state index contributed by atoms with van der Waals surface area (Å²) in [5, 5.41) is 21.8. The van der Waals surface area contributed by atoms with Crippen LogP contribution < -0.4 is 15.0 Å². The third-order valence-electron chi connectivity index (χ3n) is 5.09. The van der Waals surface area contributed by atoms with Gasteiger partial charge >= 0.3 is 11.9 Å². The van der Waals surface area contributed by atoms with E-state index in [2.05, 4.69) is 22.3 Å². The number of carboxylic acids is 1. The molecule has 1 aliphatic rings. The fraction of sp³-hybridized carbons (Fsp3) is 0.130. The summed E-state index contributed by atoms with van der Waals surface area (Å²) in [7, 11) is 0. The van der Waals surface area contributed by atoms with Gasteiger partial charge in [-0.3, -0.25) is 4.79 Å². The molecule has 0 atom stereocenters. The highest BCUT2D eigenvalue weighted by atomic mass is 35.5. The van der Waals surface area contributed by atoms with Crippen molar-refractivity contribution < 1.29 is 24.5 Å². The summed E-state index contributed by atoms with van der Waals surface area (Å²) in [6.07, 6.45) is 0.948. The van der Waals surface area contributed by atoms with Crippen LogP contribution >= 0.6 is 23.2 Å². The summed E-state index contributed by atoms with van der Waals surface area (Å²) >= 11 is 12.5. The topological polar surface area (TPSA) is 99.1 Å². The molecule has 0 saturated heterocycles. The maximum absolute atomic E-state index is 11.3. The molecule has 164 valence electrons. The van der Waals surface area contributed by atoms with Crippen molar-refractivity contribution in [3.8, 4) is 17.2 Å². The Morgan fingerprint density at radius 1 is 1.06 bits per heavy atom. The van der Waals surface area contributed by atoms with Crippen LogP contribution in [0.15, 0.2) is 54.6 Å². The zero-order chi connectivity index (χ0) is 22.8. The fourth-order valence-electron chi connectivity index (χ4n) is 3.58. The number of rotatable bonds is 5.